The Morgan fingerprint density at radius 1 is 0.337 bits per heavy atom. The second-order valence-electron chi connectivity index (χ2n) is 28.2. The lowest BCUT2D eigenvalue weighted by molar-refractivity contribution is 0.0722. The molecule has 0 aliphatic heterocycles. The molecule has 0 atom stereocenters. The van der Waals surface area contributed by atoms with E-state index in [1.807, 2.05) is 55.5 Å². The summed E-state index contributed by atoms with van der Waals surface area (Å²) in [4.78, 5) is 0. The fourth-order valence-corrected chi connectivity index (χ4v) is 12.6. The molecule has 8 aromatic carbocycles. The fourth-order valence-electron chi connectivity index (χ4n) is 11.7. The summed E-state index contributed by atoms with van der Waals surface area (Å²) in [5.74, 6) is 4.17. The van der Waals surface area contributed by atoms with Crippen LogP contribution in [-0.4, -0.2) is 74.3 Å². The number of rotatable bonds is 29. The SMILES string of the molecule is CCCCCCCCOc1ccc(-c2nnc(-c3cc(C)ccc3C)o2)cc1.CCCCCCCCc1ccc(-c2nnc(-c3cc(C)ccc3C)s2)cc1.COCCOCCc1ccc(-c2nnc(-c3cc(C)ccc3C)o2)cc1.Cc1ccc(C)c(-c2nnc(-c3ccc(C(C)(C)C)cc3)o2)c1. The fraction of sp³-hybridized carbons (Fsp3) is 0.371. The number of ether oxygens (including phenoxy) is 3. The first kappa shape index (κ1) is 78.6. The van der Waals surface area contributed by atoms with E-state index in [1.54, 1.807) is 18.4 Å². The summed E-state index contributed by atoms with van der Waals surface area (Å²) in [6.45, 7) is 30.4. The van der Waals surface area contributed by atoms with Gasteiger partial charge in [-0.05, 0) is 198 Å². The Kier molecular flexibility index (Phi) is 30.2. The monoisotopic (exact) mass is 1410 g/mol. The van der Waals surface area contributed by atoms with E-state index in [0.29, 0.717) is 55.2 Å². The second-order valence-corrected chi connectivity index (χ2v) is 29.1. The maximum atomic E-state index is 5.91. The number of benzene rings is 8. The quantitative estimate of drug-likeness (QED) is 0.0406. The number of aromatic nitrogens is 8. The Bertz CT molecular complexity index is 4550. The molecule has 4 heterocycles. The molecule has 0 aliphatic carbocycles. The Morgan fingerprint density at radius 3 is 1.16 bits per heavy atom. The Hall–Kier alpha value is -9.54. The Morgan fingerprint density at radius 2 is 0.712 bits per heavy atom. The molecule has 0 bridgehead atoms. The van der Waals surface area contributed by atoms with Crippen molar-refractivity contribution in [2.24, 2.45) is 0 Å². The van der Waals surface area contributed by atoms with Crippen molar-refractivity contribution in [3.8, 4) is 95.6 Å². The number of hydrogen-bond donors (Lipinski definition) is 0. The van der Waals surface area contributed by atoms with E-state index in [2.05, 4.69) is 245 Å². The number of methoxy groups -OCH3 is 1. The van der Waals surface area contributed by atoms with Crippen LogP contribution in [0.1, 0.15) is 173 Å². The van der Waals surface area contributed by atoms with E-state index in [4.69, 9.17) is 27.5 Å². The van der Waals surface area contributed by atoms with Crippen LogP contribution in [0.15, 0.2) is 183 Å². The molecule has 12 aromatic rings. The zero-order valence-corrected chi connectivity index (χ0v) is 64.6. The first-order valence-corrected chi connectivity index (χ1v) is 37.9. The summed E-state index contributed by atoms with van der Waals surface area (Å²) in [6, 6.07) is 58.4. The van der Waals surface area contributed by atoms with Gasteiger partial charge in [0.2, 0.25) is 35.3 Å². The highest BCUT2D eigenvalue weighted by Gasteiger charge is 2.19. The highest BCUT2D eigenvalue weighted by Crippen LogP contribution is 2.35. The van der Waals surface area contributed by atoms with Crippen LogP contribution in [0, 0.1) is 55.4 Å². The van der Waals surface area contributed by atoms with Gasteiger partial charge < -0.3 is 27.5 Å². The molecule has 0 fully saturated rings. The minimum absolute atomic E-state index is 0.136. The molecule has 0 saturated carbocycles. The normalized spacial score (nSPS) is 11.2. The lowest BCUT2D eigenvalue weighted by Crippen LogP contribution is -2.10. The van der Waals surface area contributed by atoms with Crippen LogP contribution in [-0.2, 0) is 27.7 Å². The molecule has 0 N–H and O–H groups in total. The van der Waals surface area contributed by atoms with Crippen LogP contribution >= 0.6 is 11.3 Å². The molecule has 4 aromatic heterocycles. The molecule has 0 spiro atoms. The van der Waals surface area contributed by atoms with Gasteiger partial charge in [-0.2, -0.15) is 0 Å². The third-order valence-electron chi connectivity index (χ3n) is 18.2. The van der Waals surface area contributed by atoms with Crippen molar-refractivity contribution in [1.82, 2.24) is 40.8 Å². The predicted octanol–water partition coefficient (Wildman–Crippen LogP) is 23.7. The summed E-state index contributed by atoms with van der Waals surface area (Å²) in [6.07, 6.45) is 17.7. The molecule has 14 nitrogen and oxygen atoms in total. The van der Waals surface area contributed by atoms with Gasteiger partial charge in [0, 0.05) is 51.6 Å². The van der Waals surface area contributed by atoms with E-state index in [9.17, 15) is 0 Å². The molecule has 15 heteroatoms. The van der Waals surface area contributed by atoms with Crippen LogP contribution in [0.3, 0.4) is 0 Å². The third-order valence-corrected chi connectivity index (χ3v) is 19.3. The van der Waals surface area contributed by atoms with Gasteiger partial charge in [-0.15, -0.1) is 40.8 Å². The van der Waals surface area contributed by atoms with Gasteiger partial charge in [-0.25, -0.2) is 0 Å². The van der Waals surface area contributed by atoms with E-state index in [0.717, 1.165) is 90.8 Å². The molecule has 0 unspecified atom stereocenters. The summed E-state index contributed by atoms with van der Waals surface area (Å²) >= 11 is 1.67. The number of unbranched alkanes of at least 4 members (excludes halogenated alkanes) is 10. The number of nitrogens with zero attached hydrogens (tertiary/aromatic N) is 8. The molecule has 12 rings (SSSR count). The summed E-state index contributed by atoms with van der Waals surface area (Å²) in [5.41, 5.74) is 21.5. The minimum atomic E-state index is 0.136. The number of hydrogen-bond acceptors (Lipinski definition) is 15. The van der Waals surface area contributed by atoms with Gasteiger partial charge in [-0.3, -0.25) is 0 Å². The largest absolute Gasteiger partial charge is 0.494 e. The van der Waals surface area contributed by atoms with Gasteiger partial charge >= 0.3 is 0 Å². The second kappa shape index (κ2) is 39.9. The maximum absolute atomic E-state index is 5.91. The topological polar surface area (TPSA) is 170 Å². The van der Waals surface area contributed by atoms with Crippen LogP contribution in [0.5, 0.6) is 5.75 Å². The average Bonchev–Trinajstić information content (AvgIpc) is 1.53. The maximum Gasteiger partial charge on any atom is 0.248 e. The summed E-state index contributed by atoms with van der Waals surface area (Å²) < 4.78 is 34.0. The molecule has 0 amide bonds. The van der Waals surface area contributed by atoms with E-state index in [1.165, 1.54) is 127 Å². The van der Waals surface area contributed by atoms with Gasteiger partial charge in [0.05, 0.1) is 26.4 Å². The van der Waals surface area contributed by atoms with Gasteiger partial charge in [-0.1, -0.05) is 229 Å². The lowest BCUT2D eigenvalue weighted by atomic mass is 9.87. The van der Waals surface area contributed by atoms with Crippen molar-refractivity contribution in [2.75, 3.05) is 33.5 Å². The van der Waals surface area contributed by atoms with Crippen LogP contribution in [0.2, 0.25) is 0 Å². The van der Waals surface area contributed by atoms with Gasteiger partial charge in [0.1, 0.15) is 15.8 Å². The third kappa shape index (κ3) is 23.7. The van der Waals surface area contributed by atoms with E-state index < -0.39 is 0 Å². The minimum Gasteiger partial charge on any atom is -0.494 e. The van der Waals surface area contributed by atoms with Crippen molar-refractivity contribution < 1.29 is 27.5 Å². The van der Waals surface area contributed by atoms with E-state index in [-0.39, 0.29) is 5.41 Å². The molecule has 0 saturated heterocycles. The van der Waals surface area contributed by atoms with Crippen LogP contribution in [0.25, 0.3) is 89.9 Å². The molecule has 0 radical (unpaired) electrons. The zero-order valence-electron chi connectivity index (χ0n) is 63.8. The van der Waals surface area contributed by atoms with Crippen molar-refractivity contribution >= 4 is 11.3 Å². The van der Waals surface area contributed by atoms with Gasteiger partial charge in [0.15, 0.2) is 0 Å². The van der Waals surface area contributed by atoms with Crippen molar-refractivity contribution in [2.45, 2.75) is 185 Å². The van der Waals surface area contributed by atoms with Crippen molar-refractivity contribution in [3.05, 3.63) is 231 Å². The van der Waals surface area contributed by atoms with Crippen LogP contribution in [0.4, 0.5) is 0 Å². The lowest BCUT2D eigenvalue weighted by Gasteiger charge is -2.18. The highest BCUT2D eigenvalue weighted by molar-refractivity contribution is 7.18. The molecular weight excluding hydrogens is 1310 g/mol. The van der Waals surface area contributed by atoms with Crippen molar-refractivity contribution in [1.29, 1.82) is 0 Å². The molecule has 544 valence electrons. The molecule has 0 aliphatic rings. The van der Waals surface area contributed by atoms with Gasteiger partial charge in [0.25, 0.3) is 0 Å². The highest BCUT2D eigenvalue weighted by atomic mass is 32.1. The molecular formula is C89H106N8O6S. The number of aryl methyl sites for hydroxylation is 9. The van der Waals surface area contributed by atoms with E-state index >= 15 is 0 Å². The van der Waals surface area contributed by atoms with Crippen molar-refractivity contribution in [3.63, 3.8) is 0 Å². The smallest absolute Gasteiger partial charge is 0.248 e. The van der Waals surface area contributed by atoms with Crippen LogP contribution < -0.4 is 4.74 Å². The average molecular weight is 1420 g/mol. The summed E-state index contributed by atoms with van der Waals surface area (Å²) in [7, 11) is 1.67. The standard InChI is InChI=1S/C24H30N2O2.C24H30N2S.C21H24N2O3.C20H22N2O/c1-4-5-6-7-8-9-16-27-21-14-12-20(13-15-21)23-25-26-24(28-23)22-17-18(2)10-11-19(22)3;1-4-5-6-7-8-9-10-20-13-15-21(16-14-20)23-25-26-24(27-23)22-17-18(2)11-12-19(22)3;1-15-4-5-16(2)19(14-15)21-23-22-20(26-21)18-8-6-17(7-9-18)10-11-25-13-12-24-3;1-13-6-7-14(2)17(12-13)19-22-21-18(23-19)15-8-10-16(11-9-15)20(3,4)5/h10-15,17H,4-9,16H2,1-3H3;11-17H,4-10H2,1-3H3;4-9,14H,10-13H2,1-3H3;6-12H,1-5H3. The first-order valence-electron chi connectivity index (χ1n) is 37.1. The predicted molar refractivity (Wildman–Crippen MR) is 425 cm³/mol. The Balaban J connectivity index is 0.000000161. The Labute approximate surface area is 621 Å². The zero-order chi connectivity index (χ0) is 73.8. The molecule has 104 heavy (non-hydrogen) atoms. The first-order chi connectivity index (χ1) is 50.3. The summed E-state index contributed by atoms with van der Waals surface area (Å²) in [5, 5.41) is 36.2.